The van der Waals surface area contributed by atoms with Crippen molar-refractivity contribution in [3.8, 4) is 0 Å². The van der Waals surface area contributed by atoms with E-state index in [-0.39, 0.29) is 18.3 Å². The van der Waals surface area contributed by atoms with Gasteiger partial charge < -0.3 is 15.2 Å². The molecule has 2 N–H and O–H groups in total. The number of methoxy groups -OCH3 is 1. The molecule has 1 heterocycles. The maximum absolute atomic E-state index is 10.9. The molecular weight excluding hydrogens is 170 g/mol. The Morgan fingerprint density at radius 3 is 2.77 bits per heavy atom. The fraction of sp³-hybridized carbons (Fsp3) is 0.889. The highest BCUT2D eigenvalue weighted by atomic mass is 16.5. The van der Waals surface area contributed by atoms with Crippen LogP contribution in [0.3, 0.4) is 0 Å². The molecule has 0 aliphatic carbocycles. The lowest BCUT2D eigenvalue weighted by atomic mass is 9.90. The van der Waals surface area contributed by atoms with E-state index in [0.717, 1.165) is 25.9 Å². The monoisotopic (exact) mass is 187 g/mol. The zero-order valence-corrected chi connectivity index (χ0v) is 7.95. The molecule has 4 heteroatoms. The summed E-state index contributed by atoms with van der Waals surface area (Å²) in [5.74, 6) is -0.0774. The summed E-state index contributed by atoms with van der Waals surface area (Å²) >= 11 is 0. The first-order chi connectivity index (χ1) is 6.24. The Bertz CT molecular complexity index is 166. The Morgan fingerprint density at radius 1 is 1.62 bits per heavy atom. The van der Waals surface area contributed by atoms with Crippen molar-refractivity contribution < 1.29 is 14.6 Å². The van der Waals surface area contributed by atoms with Crippen LogP contribution in [0.1, 0.15) is 19.3 Å². The van der Waals surface area contributed by atoms with E-state index in [4.69, 9.17) is 0 Å². The van der Waals surface area contributed by atoms with Gasteiger partial charge in [0.1, 0.15) is 0 Å². The topological polar surface area (TPSA) is 58.6 Å². The number of aliphatic hydroxyl groups excluding tert-OH is 1. The number of carbonyl (C=O) groups is 1. The molecule has 0 saturated carbocycles. The number of hydrogen-bond donors (Lipinski definition) is 2. The van der Waals surface area contributed by atoms with Crippen LogP contribution in [0.2, 0.25) is 0 Å². The van der Waals surface area contributed by atoms with Crippen molar-refractivity contribution in [3.05, 3.63) is 0 Å². The molecule has 0 aromatic heterocycles. The normalized spacial score (nSPS) is 21.1. The van der Waals surface area contributed by atoms with E-state index in [1.807, 2.05) is 0 Å². The van der Waals surface area contributed by atoms with Crippen LogP contribution < -0.4 is 5.32 Å². The van der Waals surface area contributed by atoms with Gasteiger partial charge in [-0.05, 0) is 31.8 Å². The molecule has 0 amide bonds. The average Bonchev–Trinajstić information content (AvgIpc) is 2.19. The maximum atomic E-state index is 10.9. The molecule has 1 fully saturated rings. The van der Waals surface area contributed by atoms with Gasteiger partial charge in [-0.1, -0.05) is 0 Å². The van der Waals surface area contributed by atoms with E-state index in [2.05, 4.69) is 10.1 Å². The van der Waals surface area contributed by atoms with Crippen LogP contribution in [0.15, 0.2) is 0 Å². The zero-order chi connectivity index (χ0) is 9.68. The molecule has 0 radical (unpaired) electrons. The minimum Gasteiger partial charge on any atom is -0.469 e. The summed E-state index contributed by atoms with van der Waals surface area (Å²) in [5.41, 5.74) is 0. The summed E-state index contributed by atoms with van der Waals surface area (Å²) in [6.07, 6.45) is 1.48. The number of nitrogens with one attached hydrogen (secondary N) is 1. The van der Waals surface area contributed by atoms with Crippen LogP contribution in [-0.4, -0.2) is 37.4 Å². The van der Waals surface area contributed by atoms with Crippen molar-refractivity contribution in [2.45, 2.75) is 25.4 Å². The van der Waals surface area contributed by atoms with Crippen molar-refractivity contribution in [1.82, 2.24) is 5.32 Å². The minimum atomic E-state index is -0.533. The van der Waals surface area contributed by atoms with Crippen molar-refractivity contribution in [1.29, 1.82) is 0 Å². The standard InChI is InChI=1S/C9H17NO3/c1-13-9(12)6-8(11)7-2-4-10-5-3-7/h7-8,10-11H,2-6H2,1H3/t8-/m1/s1. The Labute approximate surface area is 78.3 Å². The van der Waals surface area contributed by atoms with Crippen LogP contribution in [0.5, 0.6) is 0 Å². The molecule has 0 aromatic carbocycles. The molecule has 1 aliphatic rings. The SMILES string of the molecule is COC(=O)C[C@@H](O)C1CCNCC1. The minimum absolute atomic E-state index is 0.126. The number of rotatable bonds is 3. The maximum Gasteiger partial charge on any atom is 0.308 e. The predicted molar refractivity (Wildman–Crippen MR) is 48.2 cm³/mol. The smallest absolute Gasteiger partial charge is 0.308 e. The number of esters is 1. The van der Waals surface area contributed by atoms with E-state index >= 15 is 0 Å². The van der Waals surface area contributed by atoms with Gasteiger partial charge in [0.2, 0.25) is 0 Å². The first-order valence-corrected chi connectivity index (χ1v) is 4.69. The van der Waals surface area contributed by atoms with Gasteiger partial charge in [0, 0.05) is 0 Å². The van der Waals surface area contributed by atoms with Crippen LogP contribution in [-0.2, 0) is 9.53 Å². The molecule has 1 rings (SSSR count). The third-order valence-corrected chi connectivity index (χ3v) is 2.53. The summed E-state index contributed by atoms with van der Waals surface area (Å²) in [7, 11) is 1.34. The van der Waals surface area contributed by atoms with E-state index in [0.29, 0.717) is 0 Å². The Morgan fingerprint density at radius 2 is 2.23 bits per heavy atom. The highest BCUT2D eigenvalue weighted by molar-refractivity contribution is 5.69. The van der Waals surface area contributed by atoms with Crippen molar-refractivity contribution in [2.75, 3.05) is 20.2 Å². The largest absolute Gasteiger partial charge is 0.469 e. The van der Waals surface area contributed by atoms with E-state index < -0.39 is 6.10 Å². The highest BCUT2D eigenvalue weighted by Crippen LogP contribution is 2.18. The first-order valence-electron chi connectivity index (χ1n) is 4.69. The fourth-order valence-electron chi connectivity index (χ4n) is 1.65. The molecule has 0 unspecified atom stereocenters. The number of carbonyl (C=O) groups excluding carboxylic acids is 1. The second-order valence-corrected chi connectivity index (χ2v) is 3.44. The second-order valence-electron chi connectivity index (χ2n) is 3.44. The first kappa shape index (κ1) is 10.5. The van der Waals surface area contributed by atoms with Crippen LogP contribution >= 0.6 is 0 Å². The molecular formula is C9H17NO3. The third-order valence-electron chi connectivity index (χ3n) is 2.53. The molecule has 1 saturated heterocycles. The summed E-state index contributed by atoms with van der Waals surface area (Å²) in [4.78, 5) is 10.9. The van der Waals surface area contributed by atoms with Crippen LogP contribution in [0.4, 0.5) is 0 Å². The molecule has 76 valence electrons. The quantitative estimate of drug-likeness (QED) is 0.606. The summed E-state index contributed by atoms with van der Waals surface area (Å²) in [6.45, 7) is 1.87. The van der Waals surface area contributed by atoms with E-state index in [9.17, 15) is 9.90 Å². The highest BCUT2D eigenvalue weighted by Gasteiger charge is 2.23. The molecule has 13 heavy (non-hydrogen) atoms. The Hall–Kier alpha value is -0.610. The molecule has 0 aromatic rings. The van der Waals surface area contributed by atoms with Crippen molar-refractivity contribution in [2.24, 2.45) is 5.92 Å². The van der Waals surface area contributed by atoms with E-state index in [1.165, 1.54) is 7.11 Å². The number of ether oxygens (including phenoxy) is 1. The summed E-state index contributed by atoms with van der Waals surface area (Å²) in [5, 5.41) is 12.9. The average molecular weight is 187 g/mol. The fourth-order valence-corrected chi connectivity index (χ4v) is 1.65. The molecule has 0 spiro atoms. The van der Waals surface area contributed by atoms with Crippen molar-refractivity contribution >= 4 is 5.97 Å². The van der Waals surface area contributed by atoms with Crippen molar-refractivity contribution in [3.63, 3.8) is 0 Å². The lowest BCUT2D eigenvalue weighted by Gasteiger charge is -2.26. The molecule has 1 aliphatic heterocycles. The Kier molecular flexibility index (Phi) is 4.18. The second kappa shape index (κ2) is 5.19. The number of piperidine rings is 1. The summed E-state index contributed by atoms with van der Waals surface area (Å²) in [6, 6.07) is 0. The van der Waals surface area contributed by atoms with Gasteiger partial charge in [-0.2, -0.15) is 0 Å². The molecule has 4 nitrogen and oxygen atoms in total. The summed E-state index contributed by atoms with van der Waals surface area (Å²) < 4.78 is 4.50. The van der Waals surface area contributed by atoms with Gasteiger partial charge in [0.05, 0.1) is 19.6 Å². The van der Waals surface area contributed by atoms with E-state index in [1.54, 1.807) is 0 Å². The lowest BCUT2D eigenvalue weighted by Crippen LogP contribution is -2.35. The number of hydrogen-bond acceptors (Lipinski definition) is 4. The van der Waals surface area contributed by atoms with Gasteiger partial charge >= 0.3 is 5.97 Å². The van der Waals surface area contributed by atoms with Gasteiger partial charge in [-0.3, -0.25) is 4.79 Å². The lowest BCUT2D eigenvalue weighted by molar-refractivity contribution is -0.143. The molecule has 0 bridgehead atoms. The molecule has 1 atom stereocenters. The third kappa shape index (κ3) is 3.32. The van der Waals surface area contributed by atoms with Gasteiger partial charge in [0.15, 0.2) is 0 Å². The van der Waals surface area contributed by atoms with Crippen LogP contribution in [0, 0.1) is 5.92 Å². The van der Waals surface area contributed by atoms with Gasteiger partial charge in [-0.25, -0.2) is 0 Å². The number of aliphatic hydroxyl groups is 1. The zero-order valence-electron chi connectivity index (χ0n) is 7.95. The van der Waals surface area contributed by atoms with Gasteiger partial charge in [0.25, 0.3) is 0 Å². The van der Waals surface area contributed by atoms with Crippen LogP contribution in [0.25, 0.3) is 0 Å². The Balaban J connectivity index is 2.28. The van der Waals surface area contributed by atoms with Gasteiger partial charge in [-0.15, -0.1) is 0 Å². The predicted octanol–water partition coefficient (Wildman–Crippen LogP) is -0.0900.